The van der Waals surface area contributed by atoms with Gasteiger partial charge in [-0.3, -0.25) is 13.8 Å². The van der Waals surface area contributed by atoms with Crippen LogP contribution in [0, 0.1) is 0 Å². The smallest absolute Gasteiger partial charge is 0.393 e. The van der Waals surface area contributed by atoms with E-state index >= 15 is 0 Å². The predicted molar refractivity (Wildman–Crippen MR) is 215 cm³/mol. The molecule has 14 heteroatoms. The third kappa shape index (κ3) is 24.3. The van der Waals surface area contributed by atoms with Crippen LogP contribution >= 0.6 is 7.82 Å². The van der Waals surface area contributed by atoms with Crippen molar-refractivity contribution in [3.05, 3.63) is 24.3 Å². The molecule has 0 aromatic heterocycles. The minimum Gasteiger partial charge on any atom is -0.393 e. The lowest BCUT2D eigenvalue weighted by Gasteiger charge is -2.41. The van der Waals surface area contributed by atoms with Gasteiger partial charge in [-0.05, 0) is 25.7 Å². The molecule has 13 nitrogen and oxygen atoms in total. The van der Waals surface area contributed by atoms with E-state index < -0.39 is 75.2 Å². The molecule has 324 valence electrons. The summed E-state index contributed by atoms with van der Waals surface area (Å²) in [6, 6.07) is -1.25. The Labute approximate surface area is 331 Å². The monoisotopic (exact) mass is 808 g/mol. The Morgan fingerprint density at radius 1 is 0.636 bits per heavy atom. The van der Waals surface area contributed by atoms with Gasteiger partial charge in [-0.2, -0.15) is 0 Å². The summed E-state index contributed by atoms with van der Waals surface area (Å²) in [6.45, 7) is 3.58. The number of unbranched alkanes of at least 4 members (excludes halogenated alkanes) is 19. The van der Waals surface area contributed by atoms with E-state index in [1.54, 1.807) is 6.08 Å². The van der Waals surface area contributed by atoms with Crippen LogP contribution in [0.1, 0.15) is 168 Å². The van der Waals surface area contributed by atoms with Crippen molar-refractivity contribution in [1.82, 2.24) is 5.32 Å². The molecule has 8 unspecified atom stereocenters. The van der Waals surface area contributed by atoms with Gasteiger partial charge in [-0.15, -0.1) is 0 Å². The second-order valence-corrected chi connectivity index (χ2v) is 16.8. The van der Waals surface area contributed by atoms with Crippen LogP contribution in [0.5, 0.6) is 0 Å². The minimum atomic E-state index is -5.13. The molecule has 0 radical (unpaired) electrons. The molecule has 1 amide bonds. The molecule has 55 heavy (non-hydrogen) atoms. The van der Waals surface area contributed by atoms with Crippen molar-refractivity contribution < 1.29 is 59.0 Å². The van der Waals surface area contributed by atoms with Crippen molar-refractivity contribution in [3.8, 4) is 0 Å². The zero-order valence-corrected chi connectivity index (χ0v) is 34.7. The van der Waals surface area contributed by atoms with Crippen LogP contribution < -0.4 is 5.32 Å². The van der Waals surface area contributed by atoms with E-state index in [4.69, 9.17) is 9.05 Å². The number of hydrogen-bond donors (Lipinski definition) is 9. The zero-order chi connectivity index (χ0) is 40.9. The van der Waals surface area contributed by atoms with Gasteiger partial charge in [0.05, 0.1) is 31.3 Å². The van der Waals surface area contributed by atoms with E-state index in [0.29, 0.717) is 12.8 Å². The molecule has 0 saturated heterocycles. The first-order valence-electron chi connectivity index (χ1n) is 21.4. The number of rotatable bonds is 34. The number of phosphoric ester groups is 1. The van der Waals surface area contributed by atoms with E-state index in [1.807, 2.05) is 6.08 Å². The van der Waals surface area contributed by atoms with Crippen LogP contribution in [0.2, 0.25) is 0 Å². The van der Waals surface area contributed by atoms with Crippen LogP contribution in [-0.2, 0) is 18.4 Å². The number of hydrogen-bond acceptors (Lipinski definition) is 11. The average molecular weight is 808 g/mol. The van der Waals surface area contributed by atoms with E-state index in [-0.39, 0.29) is 6.42 Å². The Hall–Kier alpha value is -1.22. The van der Waals surface area contributed by atoms with Crippen LogP contribution in [0.3, 0.4) is 0 Å². The fraction of sp³-hybridized carbons (Fsp3) is 0.878. The topological polar surface area (TPSA) is 226 Å². The van der Waals surface area contributed by atoms with Gasteiger partial charge in [0.1, 0.15) is 36.6 Å². The lowest BCUT2D eigenvalue weighted by molar-refractivity contribution is -0.220. The number of allylic oxidation sites excluding steroid dienone is 3. The van der Waals surface area contributed by atoms with Crippen molar-refractivity contribution in [2.75, 3.05) is 6.61 Å². The zero-order valence-electron chi connectivity index (χ0n) is 33.8. The van der Waals surface area contributed by atoms with Gasteiger partial charge in [0.2, 0.25) is 5.91 Å². The van der Waals surface area contributed by atoms with Crippen LogP contribution in [0.4, 0.5) is 0 Å². The first-order chi connectivity index (χ1) is 26.3. The Kier molecular flexibility index (Phi) is 29.9. The summed E-state index contributed by atoms with van der Waals surface area (Å²) >= 11 is 0. The number of aliphatic hydroxyl groups excluding tert-OH is 7. The maximum Gasteiger partial charge on any atom is 0.472 e. The normalized spacial score (nSPS) is 24.6. The quantitative estimate of drug-likeness (QED) is 0.0207. The van der Waals surface area contributed by atoms with Gasteiger partial charge in [-0.1, -0.05) is 160 Å². The van der Waals surface area contributed by atoms with Gasteiger partial charge < -0.3 is 46.0 Å². The predicted octanol–water partition coefficient (Wildman–Crippen LogP) is 6.03. The number of aliphatic hydroxyl groups is 7. The summed E-state index contributed by atoms with van der Waals surface area (Å²) in [5, 5.41) is 73.9. The van der Waals surface area contributed by atoms with E-state index in [0.717, 1.165) is 44.9 Å². The Balaban J connectivity index is 2.45. The molecule has 8 atom stereocenters. The van der Waals surface area contributed by atoms with Crippen LogP contribution in [-0.4, -0.2) is 108 Å². The molecule has 0 aliphatic heterocycles. The van der Waals surface area contributed by atoms with E-state index in [2.05, 4.69) is 25.2 Å². The van der Waals surface area contributed by atoms with Crippen LogP contribution in [0.25, 0.3) is 0 Å². The second-order valence-electron chi connectivity index (χ2n) is 15.4. The highest BCUT2D eigenvalue weighted by Gasteiger charge is 2.51. The van der Waals surface area contributed by atoms with Gasteiger partial charge >= 0.3 is 7.82 Å². The highest BCUT2D eigenvalue weighted by Crippen LogP contribution is 2.47. The van der Waals surface area contributed by atoms with Crippen molar-refractivity contribution in [2.24, 2.45) is 0 Å². The summed E-state index contributed by atoms with van der Waals surface area (Å²) in [5.41, 5.74) is 0. The molecular weight excluding hydrogens is 729 g/mol. The van der Waals surface area contributed by atoms with Gasteiger partial charge in [0.25, 0.3) is 0 Å². The fourth-order valence-electron chi connectivity index (χ4n) is 6.73. The van der Waals surface area contributed by atoms with Crippen molar-refractivity contribution in [3.63, 3.8) is 0 Å². The lowest BCUT2D eigenvalue weighted by Crippen LogP contribution is -2.64. The molecule has 1 saturated carbocycles. The van der Waals surface area contributed by atoms with Crippen molar-refractivity contribution in [1.29, 1.82) is 0 Å². The highest BCUT2D eigenvalue weighted by molar-refractivity contribution is 7.47. The molecule has 1 aliphatic carbocycles. The highest BCUT2D eigenvalue weighted by atomic mass is 31.2. The second kappa shape index (κ2) is 31.7. The van der Waals surface area contributed by atoms with Crippen molar-refractivity contribution >= 4 is 13.7 Å². The molecule has 0 bridgehead atoms. The first kappa shape index (κ1) is 51.8. The van der Waals surface area contributed by atoms with Gasteiger partial charge in [-0.25, -0.2) is 4.57 Å². The summed E-state index contributed by atoms with van der Waals surface area (Å²) in [5.74, 6) is -0.606. The average Bonchev–Trinajstić information content (AvgIpc) is 3.15. The molecule has 0 aromatic carbocycles. The fourth-order valence-corrected chi connectivity index (χ4v) is 7.70. The molecule has 1 aliphatic rings. The molecule has 0 heterocycles. The largest absolute Gasteiger partial charge is 0.472 e. The third-order valence-electron chi connectivity index (χ3n) is 10.3. The van der Waals surface area contributed by atoms with E-state index in [1.165, 1.54) is 96.0 Å². The standard InChI is InChI=1S/C41H78NO12P/c1-3-5-7-9-11-12-13-14-15-16-17-18-19-20-21-23-24-26-28-32(43)30-35(45)42-33(34(44)29-27-25-22-10-8-6-4-2)31-53-55(51,52)54-41-39(49)37(47)36(46)38(48)40(41)50/h8,10,27,29,32-34,36-41,43-44,46-50H,3-7,9,11-26,28,30-31H2,1-2H3,(H,42,45)(H,51,52)/b10-8+,29-27+. The number of amides is 1. The Morgan fingerprint density at radius 2 is 1.07 bits per heavy atom. The maximum atomic E-state index is 12.9. The minimum absolute atomic E-state index is 0.250. The third-order valence-corrected chi connectivity index (χ3v) is 11.3. The molecule has 0 aromatic rings. The number of phosphoric acid groups is 1. The number of carbonyl (C=O) groups excluding carboxylic acids is 1. The number of carbonyl (C=O) groups is 1. The van der Waals surface area contributed by atoms with Gasteiger partial charge in [0.15, 0.2) is 0 Å². The molecule has 9 N–H and O–H groups in total. The molecule has 0 spiro atoms. The Morgan fingerprint density at radius 3 is 1.56 bits per heavy atom. The molecule has 1 rings (SSSR count). The van der Waals surface area contributed by atoms with Crippen molar-refractivity contribution in [2.45, 2.75) is 223 Å². The van der Waals surface area contributed by atoms with Gasteiger partial charge in [0, 0.05) is 0 Å². The molecular formula is C41H78NO12P. The SMILES string of the molecule is CCC/C=C/CC/C=C/C(O)C(COP(=O)(O)OC1C(O)C(O)C(O)C(O)C1O)NC(=O)CC(O)CCCCCCCCCCCCCCCCCCCC. The summed E-state index contributed by atoms with van der Waals surface area (Å²) in [7, 11) is -5.13. The summed E-state index contributed by atoms with van der Waals surface area (Å²) in [6.07, 6.45) is 19.0. The van der Waals surface area contributed by atoms with E-state index in [9.17, 15) is 50.0 Å². The maximum absolute atomic E-state index is 12.9. The van der Waals surface area contributed by atoms with Crippen LogP contribution in [0.15, 0.2) is 24.3 Å². The lowest BCUT2D eigenvalue weighted by atomic mass is 9.85. The summed E-state index contributed by atoms with van der Waals surface area (Å²) < 4.78 is 22.7. The Bertz CT molecular complexity index is 1050. The molecule has 1 fully saturated rings. The first-order valence-corrected chi connectivity index (χ1v) is 22.9. The summed E-state index contributed by atoms with van der Waals surface area (Å²) in [4.78, 5) is 23.2. The number of nitrogens with one attached hydrogen (secondary N) is 1.